The molecule has 3 N–H and O–H groups in total. The van der Waals surface area contributed by atoms with Crippen molar-refractivity contribution in [1.82, 2.24) is 10.6 Å². The first-order valence-corrected chi connectivity index (χ1v) is 16.1. The van der Waals surface area contributed by atoms with Crippen molar-refractivity contribution in [3.63, 3.8) is 0 Å². The van der Waals surface area contributed by atoms with E-state index in [4.69, 9.17) is 12.2 Å². The summed E-state index contributed by atoms with van der Waals surface area (Å²) in [5.41, 5.74) is 4.85. The average Bonchev–Trinajstić information content (AvgIpc) is 2.91. The molecule has 1 unspecified atom stereocenters. The SMILES string of the molecule is Cc1ccc(CC(CNC(=S)NCc2ccc(NS(=O)(=O)c3ccccc3)cc2)CSC(=O)C(C)(C)C)cc1C. The van der Waals surface area contributed by atoms with Crippen LogP contribution in [-0.4, -0.2) is 30.9 Å². The zero-order valence-corrected chi connectivity index (χ0v) is 26.2. The summed E-state index contributed by atoms with van der Waals surface area (Å²) in [4.78, 5) is 12.8. The zero-order chi connectivity index (χ0) is 29.3. The summed E-state index contributed by atoms with van der Waals surface area (Å²) < 4.78 is 27.7. The van der Waals surface area contributed by atoms with Crippen LogP contribution < -0.4 is 15.4 Å². The molecule has 0 aliphatic rings. The summed E-state index contributed by atoms with van der Waals surface area (Å²) >= 11 is 6.93. The van der Waals surface area contributed by atoms with E-state index >= 15 is 0 Å². The van der Waals surface area contributed by atoms with E-state index in [1.807, 2.05) is 32.9 Å². The van der Waals surface area contributed by atoms with Crippen molar-refractivity contribution in [3.05, 3.63) is 95.1 Å². The number of thioether (sulfide) groups is 1. The Bertz CT molecular complexity index is 1400. The van der Waals surface area contributed by atoms with Gasteiger partial charge in [0, 0.05) is 29.9 Å². The lowest BCUT2D eigenvalue weighted by Crippen LogP contribution is -2.38. The molecule has 0 spiro atoms. The number of nitrogens with one attached hydrogen (secondary N) is 3. The maximum Gasteiger partial charge on any atom is 0.261 e. The normalized spacial score (nSPS) is 12.4. The van der Waals surface area contributed by atoms with Gasteiger partial charge < -0.3 is 10.6 Å². The Morgan fingerprint density at radius 2 is 1.55 bits per heavy atom. The summed E-state index contributed by atoms with van der Waals surface area (Å²) in [5, 5.41) is 7.27. The molecule has 40 heavy (non-hydrogen) atoms. The van der Waals surface area contributed by atoms with Crippen molar-refractivity contribution in [2.75, 3.05) is 17.0 Å². The van der Waals surface area contributed by atoms with Crippen molar-refractivity contribution in [3.8, 4) is 0 Å². The van der Waals surface area contributed by atoms with E-state index in [1.54, 1.807) is 42.5 Å². The molecular weight excluding hydrogens is 559 g/mol. The van der Waals surface area contributed by atoms with Crippen molar-refractivity contribution in [2.24, 2.45) is 11.3 Å². The summed E-state index contributed by atoms with van der Waals surface area (Å²) in [6, 6.07) is 22.0. The smallest absolute Gasteiger partial charge is 0.261 e. The molecule has 0 amide bonds. The number of carbonyl (C=O) groups excluding carboxylic acids is 1. The standard InChI is InChI=1S/C31H39N3O3S3/c1-22-11-12-25(17-23(22)2)18-26(21-39-29(35)31(3,4)5)20-33-30(38)32-19-24-13-15-27(16-14-24)34-40(36,37)28-9-7-6-8-10-28/h6-17,26,34H,18-21H2,1-5H3,(H2,32,33,38). The van der Waals surface area contributed by atoms with Crippen LogP contribution in [0.2, 0.25) is 0 Å². The fourth-order valence-electron chi connectivity index (χ4n) is 3.85. The Kier molecular flexibility index (Phi) is 11.2. The number of hydrogen-bond donors (Lipinski definition) is 3. The van der Waals surface area contributed by atoms with E-state index in [9.17, 15) is 13.2 Å². The lowest BCUT2D eigenvalue weighted by atomic mass is 9.97. The molecule has 0 radical (unpaired) electrons. The third-order valence-electron chi connectivity index (χ3n) is 6.42. The van der Waals surface area contributed by atoms with Gasteiger partial charge in [-0.15, -0.1) is 0 Å². The molecule has 1 atom stereocenters. The number of thiocarbonyl (C=S) groups is 1. The minimum Gasteiger partial charge on any atom is -0.362 e. The van der Waals surface area contributed by atoms with Crippen molar-refractivity contribution >= 4 is 49.9 Å². The molecule has 214 valence electrons. The zero-order valence-electron chi connectivity index (χ0n) is 23.8. The first kappa shape index (κ1) is 31.6. The fraction of sp³-hybridized carbons (Fsp3) is 0.355. The highest BCUT2D eigenvalue weighted by atomic mass is 32.2. The number of anilines is 1. The van der Waals surface area contributed by atoms with Crippen LogP contribution in [0.15, 0.2) is 77.7 Å². The Morgan fingerprint density at radius 1 is 0.900 bits per heavy atom. The number of hydrogen-bond acceptors (Lipinski definition) is 5. The molecule has 6 nitrogen and oxygen atoms in total. The van der Waals surface area contributed by atoms with Gasteiger partial charge in [0.2, 0.25) is 0 Å². The number of carbonyl (C=O) groups is 1. The quantitative estimate of drug-likeness (QED) is 0.226. The molecule has 0 aliphatic carbocycles. The van der Waals surface area contributed by atoms with Gasteiger partial charge in [-0.1, -0.05) is 81.1 Å². The number of aryl methyl sites for hydroxylation is 2. The van der Waals surface area contributed by atoms with Gasteiger partial charge in [-0.3, -0.25) is 9.52 Å². The predicted octanol–water partition coefficient (Wildman–Crippen LogP) is 6.23. The summed E-state index contributed by atoms with van der Waals surface area (Å²) in [7, 11) is -3.63. The van der Waals surface area contributed by atoms with Gasteiger partial charge >= 0.3 is 0 Å². The van der Waals surface area contributed by atoms with E-state index in [2.05, 4.69) is 47.4 Å². The van der Waals surface area contributed by atoms with Gasteiger partial charge in [-0.2, -0.15) is 0 Å². The molecule has 0 heterocycles. The Labute approximate surface area is 248 Å². The van der Waals surface area contributed by atoms with Crippen LogP contribution in [0, 0.1) is 25.2 Å². The van der Waals surface area contributed by atoms with Crippen molar-refractivity contribution in [1.29, 1.82) is 0 Å². The maximum absolute atomic E-state index is 12.6. The molecule has 0 fully saturated rings. The lowest BCUT2D eigenvalue weighted by molar-refractivity contribution is -0.117. The van der Waals surface area contributed by atoms with Gasteiger partial charge in [0.25, 0.3) is 10.0 Å². The van der Waals surface area contributed by atoms with Crippen molar-refractivity contribution < 1.29 is 13.2 Å². The lowest BCUT2D eigenvalue weighted by Gasteiger charge is -2.21. The highest BCUT2D eigenvalue weighted by molar-refractivity contribution is 8.13. The molecular formula is C31H39N3O3S3. The predicted molar refractivity (Wildman–Crippen MR) is 171 cm³/mol. The molecule has 0 aliphatic heterocycles. The fourth-order valence-corrected chi connectivity index (χ4v) is 6.14. The van der Waals surface area contributed by atoms with Crippen LogP contribution >= 0.6 is 24.0 Å². The Morgan fingerprint density at radius 3 is 2.17 bits per heavy atom. The first-order chi connectivity index (χ1) is 18.8. The molecule has 0 saturated carbocycles. The molecule has 3 rings (SSSR count). The van der Waals surface area contributed by atoms with Gasteiger partial charge in [0.05, 0.1) is 4.90 Å². The summed E-state index contributed by atoms with van der Waals surface area (Å²) in [5.74, 6) is 0.925. The molecule has 0 aromatic heterocycles. The summed E-state index contributed by atoms with van der Waals surface area (Å²) in [6.45, 7) is 11.2. The number of sulfonamides is 1. The Balaban J connectivity index is 1.53. The highest BCUT2D eigenvalue weighted by Gasteiger charge is 2.23. The third-order valence-corrected chi connectivity index (χ3v) is 9.62. The van der Waals surface area contributed by atoms with Crippen LogP contribution in [0.1, 0.15) is 43.0 Å². The second-order valence-corrected chi connectivity index (χ2v) is 14.1. The van der Waals surface area contributed by atoms with E-state index in [0.29, 0.717) is 29.6 Å². The molecule has 0 saturated heterocycles. The van der Waals surface area contributed by atoms with Gasteiger partial charge in [0.15, 0.2) is 10.2 Å². The topological polar surface area (TPSA) is 87.3 Å². The van der Waals surface area contributed by atoms with E-state index in [-0.39, 0.29) is 21.3 Å². The van der Waals surface area contributed by atoms with E-state index in [1.165, 1.54) is 28.5 Å². The van der Waals surface area contributed by atoms with Crippen LogP contribution in [0.25, 0.3) is 0 Å². The van der Waals surface area contributed by atoms with Gasteiger partial charge in [-0.05, 0) is 84.9 Å². The van der Waals surface area contributed by atoms with Crippen LogP contribution in [0.4, 0.5) is 5.69 Å². The molecule has 3 aromatic rings. The van der Waals surface area contributed by atoms with E-state index < -0.39 is 10.0 Å². The van der Waals surface area contributed by atoms with Crippen molar-refractivity contribution in [2.45, 2.75) is 52.5 Å². The number of benzene rings is 3. The van der Waals surface area contributed by atoms with Crippen LogP contribution in [-0.2, 0) is 27.8 Å². The second kappa shape index (κ2) is 14.1. The molecule has 3 aromatic carbocycles. The van der Waals surface area contributed by atoms with Crippen LogP contribution in [0.3, 0.4) is 0 Å². The minimum absolute atomic E-state index is 0.188. The Hall–Kier alpha value is -2.88. The molecule has 9 heteroatoms. The average molecular weight is 598 g/mol. The molecule has 0 bridgehead atoms. The monoisotopic (exact) mass is 597 g/mol. The maximum atomic E-state index is 12.6. The highest BCUT2D eigenvalue weighted by Crippen LogP contribution is 2.26. The van der Waals surface area contributed by atoms with Crippen LogP contribution in [0.5, 0.6) is 0 Å². The number of rotatable bonds is 11. The third kappa shape index (κ3) is 9.94. The largest absolute Gasteiger partial charge is 0.362 e. The first-order valence-electron chi connectivity index (χ1n) is 13.3. The minimum atomic E-state index is -3.63. The second-order valence-electron chi connectivity index (χ2n) is 11.0. The van der Waals surface area contributed by atoms with E-state index in [0.717, 1.165) is 12.0 Å². The summed E-state index contributed by atoms with van der Waals surface area (Å²) in [6.07, 6.45) is 0.849. The van der Waals surface area contributed by atoms with Gasteiger partial charge in [-0.25, -0.2) is 8.42 Å². The van der Waals surface area contributed by atoms with Gasteiger partial charge in [0.1, 0.15) is 0 Å².